The lowest BCUT2D eigenvalue weighted by molar-refractivity contribution is 0.167. The predicted octanol–water partition coefficient (Wildman–Crippen LogP) is 3.74. The first-order valence-electron chi connectivity index (χ1n) is 7.04. The Labute approximate surface area is 125 Å². The third-order valence-corrected chi connectivity index (χ3v) is 6.43. The summed E-state index contributed by atoms with van der Waals surface area (Å²) < 4.78 is 1.12. The number of rotatable bonds is 3. The maximum Gasteiger partial charge on any atom is 0.174 e. The van der Waals surface area contributed by atoms with E-state index in [0.29, 0.717) is 16.7 Å². The highest BCUT2D eigenvalue weighted by molar-refractivity contribution is 8.01. The van der Waals surface area contributed by atoms with E-state index in [9.17, 15) is 0 Å². The van der Waals surface area contributed by atoms with E-state index in [-0.39, 0.29) is 0 Å². The van der Waals surface area contributed by atoms with Gasteiger partial charge in [-0.2, -0.15) is 0 Å². The van der Waals surface area contributed by atoms with Crippen LogP contribution in [0.25, 0.3) is 0 Å². The van der Waals surface area contributed by atoms with E-state index >= 15 is 0 Å². The fourth-order valence-electron chi connectivity index (χ4n) is 2.83. The van der Waals surface area contributed by atoms with Crippen LogP contribution in [-0.2, 0) is 0 Å². The highest BCUT2D eigenvalue weighted by Gasteiger charge is 2.36. The van der Waals surface area contributed by atoms with E-state index in [1.54, 1.807) is 11.3 Å². The van der Waals surface area contributed by atoms with Crippen LogP contribution in [0.5, 0.6) is 0 Å². The molecule has 0 saturated heterocycles. The van der Waals surface area contributed by atoms with Gasteiger partial charge in [0.25, 0.3) is 0 Å². The monoisotopic (exact) mass is 299 g/mol. The molecule has 19 heavy (non-hydrogen) atoms. The molecule has 0 amide bonds. The average Bonchev–Trinajstić information content (AvgIpc) is 2.73. The largest absolute Gasteiger partial charge is 0.316 e. The van der Waals surface area contributed by atoms with Gasteiger partial charge >= 0.3 is 0 Å². The van der Waals surface area contributed by atoms with Gasteiger partial charge in [0.1, 0.15) is 5.01 Å². The van der Waals surface area contributed by atoms with Crippen LogP contribution in [0.2, 0.25) is 0 Å². The standard InChI is InChI=1S/C14H25N3S2/c1-9-16-17-13(18-9)19-12-8-10(14(2,3)4)6-7-11(12)15-5/h10-12,15H,6-8H2,1-5H3. The second kappa shape index (κ2) is 6.10. The third-order valence-electron chi connectivity index (χ3n) is 4.15. The van der Waals surface area contributed by atoms with Crippen molar-refractivity contribution < 1.29 is 0 Å². The summed E-state index contributed by atoms with van der Waals surface area (Å²) in [5.74, 6) is 0.809. The van der Waals surface area contributed by atoms with E-state index in [1.165, 1.54) is 19.3 Å². The zero-order chi connectivity index (χ0) is 14.0. The van der Waals surface area contributed by atoms with Gasteiger partial charge in [0.15, 0.2) is 4.34 Å². The molecule has 1 N–H and O–H groups in total. The van der Waals surface area contributed by atoms with Crippen LogP contribution in [0.3, 0.4) is 0 Å². The van der Waals surface area contributed by atoms with E-state index in [1.807, 2.05) is 18.7 Å². The van der Waals surface area contributed by atoms with Gasteiger partial charge in [0, 0.05) is 11.3 Å². The summed E-state index contributed by atoms with van der Waals surface area (Å²) in [4.78, 5) is 0. The predicted molar refractivity (Wildman–Crippen MR) is 83.9 cm³/mol. The van der Waals surface area contributed by atoms with Crippen LogP contribution in [0.4, 0.5) is 0 Å². The van der Waals surface area contributed by atoms with Crippen LogP contribution < -0.4 is 5.32 Å². The van der Waals surface area contributed by atoms with Gasteiger partial charge in [0.05, 0.1) is 0 Å². The number of hydrogen-bond donors (Lipinski definition) is 1. The minimum absolute atomic E-state index is 0.411. The third kappa shape index (κ3) is 3.92. The summed E-state index contributed by atoms with van der Waals surface area (Å²) >= 11 is 3.64. The Hall–Kier alpha value is -0.130. The smallest absolute Gasteiger partial charge is 0.174 e. The van der Waals surface area contributed by atoms with Crippen molar-refractivity contribution >= 4 is 23.1 Å². The molecule has 1 aromatic heterocycles. The van der Waals surface area contributed by atoms with E-state index in [2.05, 4.69) is 43.3 Å². The Kier molecular flexibility index (Phi) is 4.90. The maximum atomic E-state index is 4.27. The first-order valence-corrected chi connectivity index (χ1v) is 8.74. The van der Waals surface area contributed by atoms with Gasteiger partial charge in [-0.25, -0.2) is 0 Å². The van der Waals surface area contributed by atoms with Crippen LogP contribution in [0.1, 0.15) is 45.0 Å². The Morgan fingerprint density at radius 3 is 2.53 bits per heavy atom. The molecule has 3 unspecified atom stereocenters. The molecule has 3 atom stereocenters. The first-order chi connectivity index (χ1) is 8.90. The average molecular weight is 300 g/mol. The topological polar surface area (TPSA) is 37.8 Å². The second-order valence-corrected chi connectivity index (χ2v) is 9.18. The van der Waals surface area contributed by atoms with Crippen molar-refractivity contribution in [2.24, 2.45) is 11.3 Å². The van der Waals surface area contributed by atoms with E-state index < -0.39 is 0 Å². The van der Waals surface area contributed by atoms with Gasteiger partial charge in [0.2, 0.25) is 0 Å². The van der Waals surface area contributed by atoms with Crippen molar-refractivity contribution in [3.05, 3.63) is 5.01 Å². The van der Waals surface area contributed by atoms with Crippen molar-refractivity contribution in [1.29, 1.82) is 0 Å². The zero-order valence-electron chi connectivity index (χ0n) is 12.6. The number of nitrogens with zero attached hydrogens (tertiary/aromatic N) is 2. The van der Waals surface area contributed by atoms with Gasteiger partial charge < -0.3 is 5.32 Å². The molecule has 1 aromatic rings. The van der Waals surface area contributed by atoms with Crippen LogP contribution in [-0.4, -0.2) is 28.5 Å². The number of hydrogen-bond acceptors (Lipinski definition) is 5. The van der Waals surface area contributed by atoms with Gasteiger partial charge in [-0.15, -0.1) is 10.2 Å². The molecule has 2 rings (SSSR count). The highest BCUT2D eigenvalue weighted by atomic mass is 32.2. The molecule has 1 aliphatic carbocycles. The van der Waals surface area contributed by atoms with Crippen LogP contribution in [0, 0.1) is 18.3 Å². The minimum Gasteiger partial charge on any atom is -0.316 e. The number of thioether (sulfide) groups is 1. The summed E-state index contributed by atoms with van der Waals surface area (Å²) in [6.07, 6.45) is 3.88. The van der Waals surface area contributed by atoms with E-state index in [0.717, 1.165) is 15.3 Å². The molecule has 0 radical (unpaired) electrons. The highest BCUT2D eigenvalue weighted by Crippen LogP contribution is 2.43. The lowest BCUT2D eigenvalue weighted by Gasteiger charge is -2.41. The van der Waals surface area contributed by atoms with Crippen molar-refractivity contribution in [2.45, 2.75) is 62.6 Å². The number of nitrogens with one attached hydrogen (secondary N) is 1. The normalized spacial score (nSPS) is 28.6. The minimum atomic E-state index is 0.411. The molecular formula is C14H25N3S2. The van der Waals surface area contributed by atoms with Gasteiger partial charge in [-0.05, 0) is 44.6 Å². The second-order valence-electron chi connectivity index (χ2n) is 6.51. The van der Waals surface area contributed by atoms with Crippen molar-refractivity contribution in [3.63, 3.8) is 0 Å². The zero-order valence-corrected chi connectivity index (χ0v) is 14.2. The van der Waals surface area contributed by atoms with Crippen LogP contribution in [0.15, 0.2) is 4.34 Å². The Morgan fingerprint density at radius 2 is 2.00 bits per heavy atom. The lowest BCUT2D eigenvalue weighted by atomic mass is 9.71. The maximum absolute atomic E-state index is 4.27. The molecule has 1 fully saturated rings. The van der Waals surface area contributed by atoms with Gasteiger partial charge in [-0.3, -0.25) is 0 Å². The fraction of sp³-hybridized carbons (Fsp3) is 0.857. The van der Waals surface area contributed by atoms with E-state index in [4.69, 9.17) is 0 Å². The molecule has 1 heterocycles. The SMILES string of the molecule is CNC1CCC(C(C)(C)C)CC1Sc1nnc(C)s1. The van der Waals surface area contributed by atoms with Gasteiger partial charge in [-0.1, -0.05) is 43.9 Å². The Balaban J connectivity index is 2.05. The first kappa shape index (κ1) is 15.3. The summed E-state index contributed by atoms with van der Waals surface area (Å²) in [7, 11) is 2.08. The summed E-state index contributed by atoms with van der Waals surface area (Å²) in [6.45, 7) is 9.13. The number of aromatic nitrogens is 2. The fourth-order valence-corrected chi connectivity index (χ4v) is 5.28. The summed E-state index contributed by atoms with van der Waals surface area (Å²) in [5, 5.41) is 13.6. The Bertz CT molecular complexity index is 411. The molecule has 0 aromatic carbocycles. The quantitative estimate of drug-likeness (QED) is 0.922. The molecule has 0 bridgehead atoms. The molecule has 108 valence electrons. The summed E-state index contributed by atoms with van der Waals surface area (Å²) in [6, 6.07) is 0.604. The molecular weight excluding hydrogens is 274 g/mol. The molecule has 1 saturated carbocycles. The Morgan fingerprint density at radius 1 is 1.26 bits per heavy atom. The molecule has 1 aliphatic rings. The summed E-state index contributed by atoms with van der Waals surface area (Å²) in [5.41, 5.74) is 0.411. The van der Waals surface area contributed by atoms with Crippen molar-refractivity contribution in [1.82, 2.24) is 15.5 Å². The molecule has 3 nitrogen and oxygen atoms in total. The van der Waals surface area contributed by atoms with Crippen LogP contribution >= 0.6 is 23.1 Å². The lowest BCUT2D eigenvalue weighted by Crippen LogP contribution is -2.43. The van der Waals surface area contributed by atoms with Crippen molar-refractivity contribution in [2.75, 3.05) is 7.05 Å². The molecule has 5 heteroatoms. The molecule has 0 aliphatic heterocycles. The van der Waals surface area contributed by atoms with Crippen molar-refractivity contribution in [3.8, 4) is 0 Å². The number of aryl methyl sites for hydroxylation is 1. The molecule has 0 spiro atoms.